The van der Waals surface area contributed by atoms with Gasteiger partial charge in [-0.1, -0.05) is 34.8 Å². The van der Waals surface area contributed by atoms with E-state index in [1.165, 1.54) is 25.4 Å². The number of carbonyl (C=O) groups is 1. The van der Waals surface area contributed by atoms with E-state index in [1.54, 1.807) is 20.2 Å². The largest absolute Gasteiger partial charge is 0.497 e. The van der Waals surface area contributed by atoms with Crippen LogP contribution in [-0.2, 0) is 0 Å². The van der Waals surface area contributed by atoms with Gasteiger partial charge in [0.2, 0.25) is 0 Å². The lowest BCUT2D eigenvalue weighted by Crippen LogP contribution is -2.32. The number of benzene rings is 2. The minimum Gasteiger partial charge on any atom is -0.497 e. The topological polar surface area (TPSA) is 85.8 Å². The number of carbonyl (C=O) groups excluding carboxylic acids is 1. The van der Waals surface area contributed by atoms with E-state index < -0.39 is 6.03 Å². The Morgan fingerprint density at radius 3 is 2.03 bits per heavy atom. The van der Waals surface area contributed by atoms with Crippen molar-refractivity contribution in [2.75, 3.05) is 38.6 Å². The first-order chi connectivity index (χ1) is 15.3. The first-order valence-corrected chi connectivity index (χ1v) is 10.2. The predicted octanol–water partition coefficient (Wildman–Crippen LogP) is 5.80. The number of hydrogen-bond acceptors (Lipinski definition) is 6. The van der Waals surface area contributed by atoms with Crippen molar-refractivity contribution in [1.82, 2.24) is 9.97 Å². The van der Waals surface area contributed by atoms with Gasteiger partial charge in [-0.25, -0.2) is 14.8 Å². The molecule has 0 aliphatic rings. The van der Waals surface area contributed by atoms with Crippen LogP contribution in [0.2, 0.25) is 15.1 Å². The average Bonchev–Trinajstić information content (AvgIpc) is 2.82. The molecule has 3 rings (SSSR count). The van der Waals surface area contributed by atoms with Crippen LogP contribution in [-0.4, -0.2) is 44.4 Å². The summed E-state index contributed by atoms with van der Waals surface area (Å²) in [4.78, 5) is 22.7. The highest BCUT2D eigenvalue weighted by Gasteiger charge is 2.25. The van der Waals surface area contributed by atoms with Crippen LogP contribution in [0, 0.1) is 0 Å². The number of anilines is 2. The Balaban J connectivity index is 1.90. The summed E-state index contributed by atoms with van der Waals surface area (Å²) in [6.07, 6.45) is 1.37. The van der Waals surface area contributed by atoms with E-state index in [9.17, 15) is 4.79 Å². The molecule has 2 amide bonds. The van der Waals surface area contributed by atoms with E-state index in [1.807, 2.05) is 24.3 Å². The third-order valence-electron chi connectivity index (χ3n) is 4.56. The number of amides is 2. The van der Waals surface area contributed by atoms with E-state index in [4.69, 9.17) is 49.0 Å². The highest BCUT2D eigenvalue weighted by atomic mass is 35.5. The third kappa shape index (κ3) is 4.62. The van der Waals surface area contributed by atoms with Crippen molar-refractivity contribution in [1.29, 1.82) is 0 Å². The van der Waals surface area contributed by atoms with Gasteiger partial charge in [0.25, 0.3) is 0 Å². The van der Waals surface area contributed by atoms with Crippen LogP contribution in [0.3, 0.4) is 0 Å². The van der Waals surface area contributed by atoms with Crippen molar-refractivity contribution in [3.8, 4) is 28.5 Å². The van der Waals surface area contributed by atoms with Crippen LogP contribution in [0.1, 0.15) is 0 Å². The summed E-state index contributed by atoms with van der Waals surface area (Å²) >= 11 is 18.9. The van der Waals surface area contributed by atoms with Crippen LogP contribution < -0.4 is 24.4 Å². The van der Waals surface area contributed by atoms with E-state index in [-0.39, 0.29) is 32.3 Å². The van der Waals surface area contributed by atoms with Gasteiger partial charge in [0.15, 0.2) is 11.5 Å². The molecule has 2 aromatic carbocycles. The lowest BCUT2D eigenvalue weighted by atomic mass is 10.1. The van der Waals surface area contributed by atoms with Gasteiger partial charge in [0.05, 0.1) is 32.7 Å². The Bertz CT molecular complexity index is 1110. The number of ether oxygens (including phenoxy) is 3. The predicted molar refractivity (Wildman–Crippen MR) is 126 cm³/mol. The highest BCUT2D eigenvalue weighted by molar-refractivity contribution is 6.45. The van der Waals surface area contributed by atoms with Gasteiger partial charge in [0, 0.05) is 18.7 Å². The molecule has 1 aromatic heterocycles. The summed E-state index contributed by atoms with van der Waals surface area (Å²) in [5.74, 6) is 1.32. The minimum atomic E-state index is -0.556. The fourth-order valence-corrected chi connectivity index (χ4v) is 3.95. The summed E-state index contributed by atoms with van der Waals surface area (Å²) in [6.45, 7) is 0. The number of methoxy groups -OCH3 is 3. The first kappa shape index (κ1) is 23.7. The molecule has 8 nitrogen and oxygen atoms in total. The maximum atomic E-state index is 12.9. The molecule has 0 saturated heterocycles. The van der Waals surface area contributed by atoms with Crippen molar-refractivity contribution >= 4 is 52.3 Å². The van der Waals surface area contributed by atoms with Crippen LogP contribution in [0.15, 0.2) is 36.7 Å². The zero-order valence-electron chi connectivity index (χ0n) is 17.6. The van der Waals surface area contributed by atoms with Gasteiger partial charge in [-0.3, -0.25) is 4.90 Å². The maximum absolute atomic E-state index is 12.9. The SMILES string of the molecule is COc1ccc(-c2cc(N(C)C(=O)Nc3c(Cl)c(OC)c(Cl)c(OC)c3Cl)ncn2)cc1. The number of urea groups is 1. The molecule has 0 bridgehead atoms. The number of hydrogen-bond donors (Lipinski definition) is 1. The van der Waals surface area contributed by atoms with E-state index in [0.717, 1.165) is 11.3 Å². The molecule has 168 valence electrons. The second kappa shape index (κ2) is 10.1. The van der Waals surface area contributed by atoms with Gasteiger partial charge in [-0.15, -0.1) is 0 Å². The Kier molecular flexibility index (Phi) is 7.50. The monoisotopic (exact) mass is 496 g/mol. The minimum absolute atomic E-state index is 0.0339. The van der Waals surface area contributed by atoms with Gasteiger partial charge in [0.1, 0.15) is 33.0 Å². The van der Waals surface area contributed by atoms with E-state index >= 15 is 0 Å². The molecule has 32 heavy (non-hydrogen) atoms. The molecule has 0 atom stereocenters. The lowest BCUT2D eigenvalue weighted by Gasteiger charge is -2.21. The highest BCUT2D eigenvalue weighted by Crippen LogP contribution is 2.50. The molecule has 0 aliphatic heterocycles. The zero-order chi connectivity index (χ0) is 23.4. The molecule has 0 aliphatic carbocycles. The molecule has 0 spiro atoms. The number of rotatable bonds is 6. The van der Waals surface area contributed by atoms with Crippen LogP contribution in [0.5, 0.6) is 17.2 Å². The number of aromatic nitrogens is 2. The number of halogens is 3. The lowest BCUT2D eigenvalue weighted by molar-refractivity contribution is 0.258. The molecule has 3 aromatic rings. The standard InChI is InChI=1S/C21H19Cl3N4O4/c1-28(14-9-13(25-10-26-14)11-5-7-12(30-2)8-6-11)21(29)27-18-15(22)19(31-3)17(24)20(32-4)16(18)23/h5-10H,1-4H3,(H,27,29). The van der Waals surface area contributed by atoms with Crippen molar-refractivity contribution in [2.45, 2.75) is 0 Å². The van der Waals surface area contributed by atoms with E-state index in [2.05, 4.69) is 15.3 Å². The molecule has 1 N–H and O–H groups in total. The third-order valence-corrected chi connectivity index (χ3v) is 5.63. The fraction of sp³-hybridized carbons (Fsp3) is 0.190. The first-order valence-electron chi connectivity index (χ1n) is 9.11. The quantitative estimate of drug-likeness (QED) is 0.463. The van der Waals surface area contributed by atoms with Gasteiger partial charge < -0.3 is 19.5 Å². The summed E-state index contributed by atoms with van der Waals surface area (Å²) in [7, 11) is 5.91. The van der Waals surface area contributed by atoms with Crippen molar-refractivity contribution in [3.05, 3.63) is 51.7 Å². The molecule has 0 fully saturated rings. The summed E-state index contributed by atoms with van der Waals surface area (Å²) in [5, 5.41) is 2.82. The second-order valence-corrected chi connectivity index (χ2v) is 7.50. The van der Waals surface area contributed by atoms with Crippen LogP contribution in [0.25, 0.3) is 11.3 Å². The molecule has 11 heteroatoms. The van der Waals surface area contributed by atoms with Crippen molar-refractivity contribution in [3.63, 3.8) is 0 Å². The normalized spacial score (nSPS) is 10.5. The van der Waals surface area contributed by atoms with E-state index in [0.29, 0.717) is 11.5 Å². The van der Waals surface area contributed by atoms with Crippen molar-refractivity contribution < 1.29 is 19.0 Å². The summed E-state index contributed by atoms with van der Waals surface area (Å²) < 4.78 is 15.6. The summed E-state index contributed by atoms with van der Waals surface area (Å²) in [5.41, 5.74) is 1.55. The number of nitrogens with zero attached hydrogens (tertiary/aromatic N) is 3. The smallest absolute Gasteiger partial charge is 0.327 e. The molecule has 0 saturated carbocycles. The second-order valence-electron chi connectivity index (χ2n) is 6.36. The fourth-order valence-electron chi connectivity index (χ4n) is 2.83. The summed E-state index contributed by atoms with van der Waals surface area (Å²) in [6, 6.07) is 8.47. The maximum Gasteiger partial charge on any atom is 0.327 e. The van der Waals surface area contributed by atoms with Crippen molar-refractivity contribution in [2.24, 2.45) is 0 Å². The van der Waals surface area contributed by atoms with Gasteiger partial charge >= 0.3 is 6.03 Å². The Hall–Kier alpha value is -2.94. The zero-order valence-corrected chi connectivity index (χ0v) is 19.8. The molecule has 0 unspecified atom stereocenters. The molecular formula is C21H19Cl3N4O4. The van der Waals surface area contributed by atoms with Gasteiger partial charge in [-0.05, 0) is 24.3 Å². The van der Waals surface area contributed by atoms with Crippen LogP contribution >= 0.6 is 34.8 Å². The Morgan fingerprint density at radius 1 is 0.906 bits per heavy atom. The molecule has 0 radical (unpaired) electrons. The average molecular weight is 498 g/mol. The molecular weight excluding hydrogens is 479 g/mol. The Morgan fingerprint density at radius 2 is 1.50 bits per heavy atom. The molecule has 1 heterocycles. The van der Waals surface area contributed by atoms with Crippen LogP contribution in [0.4, 0.5) is 16.3 Å². The number of nitrogens with one attached hydrogen (secondary N) is 1. The Labute approximate surface area is 200 Å². The van der Waals surface area contributed by atoms with Gasteiger partial charge in [-0.2, -0.15) is 0 Å².